The van der Waals surface area contributed by atoms with Crippen molar-refractivity contribution < 1.29 is 23.1 Å². The van der Waals surface area contributed by atoms with Crippen LogP contribution in [0, 0.1) is 0 Å². The topological polar surface area (TPSA) is 79.5 Å². The molecule has 0 heterocycles. The molecule has 2 atom stereocenters. The van der Waals surface area contributed by atoms with Gasteiger partial charge in [0.15, 0.2) is 0 Å². The zero-order valence-corrected chi connectivity index (χ0v) is 13.9. The van der Waals surface area contributed by atoms with Crippen molar-refractivity contribution in [3.8, 4) is 5.75 Å². The van der Waals surface area contributed by atoms with Crippen LogP contribution in [0.15, 0.2) is 24.3 Å². The number of urea groups is 1. The second-order valence-electron chi connectivity index (χ2n) is 5.35. The first-order valence-electron chi connectivity index (χ1n) is 7.71. The molecule has 0 aliphatic rings. The highest BCUT2D eigenvalue weighted by Crippen LogP contribution is 2.19. The number of halogens is 2. The summed E-state index contributed by atoms with van der Waals surface area (Å²) in [4.78, 5) is 23.7. The SMILES string of the molecule is CC[C@H](C)NC(=O)[C@@H](C)NC(=O)NCc1ccccc1OC(F)F. The van der Waals surface area contributed by atoms with Crippen molar-refractivity contribution >= 4 is 11.9 Å². The van der Waals surface area contributed by atoms with Crippen LogP contribution < -0.4 is 20.7 Å². The zero-order chi connectivity index (χ0) is 18.1. The van der Waals surface area contributed by atoms with Crippen molar-refractivity contribution in [2.24, 2.45) is 0 Å². The molecule has 0 aliphatic heterocycles. The smallest absolute Gasteiger partial charge is 0.387 e. The number of nitrogens with one attached hydrogen (secondary N) is 3. The number of carbonyl (C=O) groups is 2. The summed E-state index contributed by atoms with van der Waals surface area (Å²) in [6.45, 7) is 2.42. The van der Waals surface area contributed by atoms with E-state index in [0.717, 1.165) is 6.42 Å². The van der Waals surface area contributed by atoms with Crippen molar-refractivity contribution in [2.75, 3.05) is 0 Å². The highest BCUT2D eigenvalue weighted by atomic mass is 19.3. The lowest BCUT2D eigenvalue weighted by molar-refractivity contribution is -0.123. The van der Waals surface area contributed by atoms with E-state index in [1.165, 1.54) is 6.07 Å². The number of alkyl halides is 2. The molecule has 0 spiro atoms. The van der Waals surface area contributed by atoms with Gasteiger partial charge in [-0.25, -0.2) is 4.79 Å². The summed E-state index contributed by atoms with van der Waals surface area (Å²) >= 11 is 0. The lowest BCUT2D eigenvalue weighted by atomic mass is 10.2. The number of hydrogen-bond donors (Lipinski definition) is 3. The number of rotatable bonds is 8. The summed E-state index contributed by atoms with van der Waals surface area (Å²) in [6.07, 6.45) is 0.783. The molecule has 0 radical (unpaired) electrons. The summed E-state index contributed by atoms with van der Waals surface area (Å²) in [6, 6.07) is 4.89. The van der Waals surface area contributed by atoms with Crippen molar-refractivity contribution in [3.05, 3.63) is 29.8 Å². The van der Waals surface area contributed by atoms with Gasteiger partial charge < -0.3 is 20.7 Å². The molecule has 134 valence electrons. The van der Waals surface area contributed by atoms with Crippen LogP contribution in [0.5, 0.6) is 5.75 Å². The van der Waals surface area contributed by atoms with E-state index in [-0.39, 0.29) is 24.2 Å². The quantitative estimate of drug-likeness (QED) is 0.678. The minimum absolute atomic E-state index is 0.00429. The van der Waals surface area contributed by atoms with Crippen LogP contribution in [0.3, 0.4) is 0 Å². The molecule has 0 fully saturated rings. The number of hydrogen-bond acceptors (Lipinski definition) is 3. The third-order valence-electron chi connectivity index (χ3n) is 3.37. The number of para-hydroxylation sites is 1. The maximum Gasteiger partial charge on any atom is 0.387 e. The Morgan fingerprint density at radius 3 is 2.46 bits per heavy atom. The maximum atomic E-state index is 12.3. The number of ether oxygens (including phenoxy) is 1. The van der Waals surface area contributed by atoms with Crippen molar-refractivity contribution in [1.82, 2.24) is 16.0 Å². The fourth-order valence-corrected chi connectivity index (χ4v) is 1.82. The monoisotopic (exact) mass is 343 g/mol. The van der Waals surface area contributed by atoms with Gasteiger partial charge in [-0.05, 0) is 26.3 Å². The molecular weight excluding hydrogens is 320 g/mol. The van der Waals surface area contributed by atoms with E-state index in [9.17, 15) is 18.4 Å². The van der Waals surface area contributed by atoms with Crippen LogP contribution in [-0.4, -0.2) is 30.6 Å². The first-order valence-corrected chi connectivity index (χ1v) is 7.71. The molecule has 8 heteroatoms. The van der Waals surface area contributed by atoms with E-state index >= 15 is 0 Å². The van der Waals surface area contributed by atoms with Gasteiger partial charge in [0.05, 0.1) is 0 Å². The minimum Gasteiger partial charge on any atom is -0.434 e. The van der Waals surface area contributed by atoms with E-state index < -0.39 is 18.7 Å². The summed E-state index contributed by atoms with van der Waals surface area (Å²) < 4.78 is 29.0. The average Bonchev–Trinajstić information content (AvgIpc) is 2.53. The van der Waals surface area contributed by atoms with Gasteiger partial charge in [0.2, 0.25) is 5.91 Å². The second-order valence-corrected chi connectivity index (χ2v) is 5.35. The van der Waals surface area contributed by atoms with Crippen LogP contribution in [-0.2, 0) is 11.3 Å². The van der Waals surface area contributed by atoms with Crippen LogP contribution in [0.2, 0.25) is 0 Å². The Balaban J connectivity index is 2.50. The van der Waals surface area contributed by atoms with Crippen molar-refractivity contribution in [3.63, 3.8) is 0 Å². The summed E-state index contributed by atoms with van der Waals surface area (Å²) in [5, 5.41) is 7.75. The van der Waals surface area contributed by atoms with E-state index in [2.05, 4.69) is 20.7 Å². The van der Waals surface area contributed by atoms with E-state index in [0.29, 0.717) is 5.56 Å². The lowest BCUT2D eigenvalue weighted by Gasteiger charge is -2.18. The molecule has 0 unspecified atom stereocenters. The molecule has 3 amide bonds. The molecule has 0 aromatic heterocycles. The fourth-order valence-electron chi connectivity index (χ4n) is 1.82. The van der Waals surface area contributed by atoms with Crippen LogP contribution in [0.25, 0.3) is 0 Å². The predicted octanol–water partition coefficient (Wildman–Crippen LogP) is 2.39. The van der Waals surface area contributed by atoms with Gasteiger partial charge in [0.1, 0.15) is 11.8 Å². The maximum absolute atomic E-state index is 12.3. The normalized spacial score (nSPS) is 13.1. The van der Waals surface area contributed by atoms with E-state index in [4.69, 9.17) is 0 Å². The Hall–Kier alpha value is -2.38. The van der Waals surface area contributed by atoms with Crippen LogP contribution in [0.1, 0.15) is 32.8 Å². The Labute approximate surface area is 139 Å². The molecule has 1 aromatic rings. The molecule has 0 aliphatic carbocycles. The van der Waals surface area contributed by atoms with Crippen molar-refractivity contribution in [2.45, 2.75) is 52.4 Å². The van der Waals surface area contributed by atoms with Gasteiger partial charge in [-0.15, -0.1) is 0 Å². The number of amides is 3. The van der Waals surface area contributed by atoms with Gasteiger partial charge in [0, 0.05) is 18.2 Å². The molecule has 6 nitrogen and oxygen atoms in total. The number of carbonyl (C=O) groups excluding carboxylic acids is 2. The highest BCUT2D eigenvalue weighted by molar-refractivity contribution is 5.86. The number of benzene rings is 1. The summed E-state index contributed by atoms with van der Waals surface area (Å²) in [5.74, 6) is -0.295. The second kappa shape index (κ2) is 9.69. The van der Waals surface area contributed by atoms with E-state index in [1.54, 1.807) is 25.1 Å². The standard InChI is InChI=1S/C16H23F2N3O3/c1-4-10(2)20-14(22)11(3)21-16(23)19-9-12-7-5-6-8-13(12)24-15(17)18/h5-8,10-11,15H,4,9H2,1-3H3,(H,20,22)(H2,19,21,23)/t10-,11+/m0/s1. The first kappa shape index (κ1) is 19.7. The Morgan fingerprint density at radius 1 is 1.17 bits per heavy atom. The highest BCUT2D eigenvalue weighted by Gasteiger charge is 2.17. The third-order valence-corrected chi connectivity index (χ3v) is 3.37. The van der Waals surface area contributed by atoms with Gasteiger partial charge in [-0.3, -0.25) is 4.79 Å². The van der Waals surface area contributed by atoms with Gasteiger partial charge >= 0.3 is 12.6 Å². The first-order chi connectivity index (χ1) is 11.3. The molecule has 0 saturated carbocycles. The fraction of sp³-hybridized carbons (Fsp3) is 0.500. The van der Waals surface area contributed by atoms with Gasteiger partial charge in [0.25, 0.3) is 0 Å². The Kier molecular flexibility index (Phi) is 7.94. The Morgan fingerprint density at radius 2 is 1.83 bits per heavy atom. The van der Waals surface area contributed by atoms with Crippen LogP contribution in [0.4, 0.5) is 13.6 Å². The average molecular weight is 343 g/mol. The van der Waals surface area contributed by atoms with Crippen LogP contribution >= 0.6 is 0 Å². The molecular formula is C16H23F2N3O3. The largest absolute Gasteiger partial charge is 0.434 e. The molecule has 0 saturated heterocycles. The minimum atomic E-state index is -2.94. The lowest BCUT2D eigenvalue weighted by Crippen LogP contribution is -2.50. The van der Waals surface area contributed by atoms with E-state index in [1.807, 2.05) is 13.8 Å². The van der Waals surface area contributed by atoms with Crippen molar-refractivity contribution in [1.29, 1.82) is 0 Å². The zero-order valence-electron chi connectivity index (χ0n) is 13.9. The summed E-state index contributed by atoms with van der Waals surface area (Å²) in [5.41, 5.74) is 0.407. The van der Waals surface area contributed by atoms with Gasteiger partial charge in [-0.1, -0.05) is 25.1 Å². The molecule has 0 bridgehead atoms. The van der Waals surface area contributed by atoms with Gasteiger partial charge in [-0.2, -0.15) is 8.78 Å². The predicted molar refractivity (Wildman–Crippen MR) is 85.8 cm³/mol. The molecule has 1 rings (SSSR count). The molecule has 3 N–H and O–H groups in total. The Bertz CT molecular complexity index is 555. The molecule has 1 aromatic carbocycles. The summed E-state index contributed by atoms with van der Waals surface area (Å²) in [7, 11) is 0. The molecule has 24 heavy (non-hydrogen) atoms. The third kappa shape index (κ3) is 6.80.